The number of thiophene rings is 1. The minimum atomic E-state index is -0.229. The van der Waals surface area contributed by atoms with E-state index in [4.69, 9.17) is 4.42 Å². The van der Waals surface area contributed by atoms with E-state index in [0.29, 0.717) is 18.1 Å². The minimum absolute atomic E-state index is 0.229. The van der Waals surface area contributed by atoms with Gasteiger partial charge in [-0.05, 0) is 35.0 Å². The lowest BCUT2D eigenvalue weighted by molar-refractivity contribution is 0.0921. The van der Waals surface area contributed by atoms with Crippen LogP contribution in [0, 0.1) is 13.8 Å². The Morgan fingerprint density at radius 2 is 2.29 bits per heavy atom. The first-order chi connectivity index (χ1) is 8.06. The van der Waals surface area contributed by atoms with Crippen molar-refractivity contribution >= 4 is 33.2 Å². The molecule has 2 aromatic heterocycles. The maximum Gasteiger partial charge on any atom is 0.289 e. The van der Waals surface area contributed by atoms with Gasteiger partial charge in [0, 0.05) is 11.8 Å². The van der Waals surface area contributed by atoms with Gasteiger partial charge in [0.1, 0.15) is 0 Å². The van der Waals surface area contributed by atoms with E-state index in [9.17, 15) is 4.79 Å². The lowest BCUT2D eigenvalue weighted by atomic mass is 10.3. The molecule has 0 saturated carbocycles. The molecule has 0 saturated heterocycles. The molecule has 2 aromatic rings. The van der Waals surface area contributed by atoms with E-state index in [1.54, 1.807) is 25.2 Å². The third kappa shape index (κ3) is 2.95. The van der Waals surface area contributed by atoms with Gasteiger partial charge >= 0.3 is 0 Å². The normalized spacial score (nSPS) is 10.5. The highest BCUT2D eigenvalue weighted by Crippen LogP contribution is 2.21. The van der Waals surface area contributed by atoms with Gasteiger partial charge < -0.3 is 9.73 Å². The molecule has 0 fully saturated rings. The van der Waals surface area contributed by atoms with Gasteiger partial charge in [-0.2, -0.15) is 0 Å². The molecule has 1 N–H and O–H groups in total. The molecule has 0 atom stereocenters. The fraction of sp³-hybridized carbons (Fsp3) is 0.273. The molecule has 0 aliphatic carbocycles. The van der Waals surface area contributed by atoms with Crippen LogP contribution in [0.2, 0.25) is 0 Å². The summed E-state index contributed by atoms with van der Waals surface area (Å²) in [4.78, 5) is 16.9. The molecule has 6 heteroatoms. The van der Waals surface area contributed by atoms with Crippen molar-refractivity contribution in [2.24, 2.45) is 0 Å². The molecule has 1 amide bonds. The number of halogens is 1. The molecule has 0 aliphatic heterocycles. The number of carbonyl (C=O) groups is 1. The van der Waals surface area contributed by atoms with E-state index >= 15 is 0 Å². The zero-order chi connectivity index (χ0) is 12.4. The summed E-state index contributed by atoms with van der Waals surface area (Å²) in [6, 6.07) is 3.92. The maximum atomic E-state index is 11.8. The highest BCUT2D eigenvalue weighted by atomic mass is 79.9. The predicted octanol–water partition coefficient (Wildman–Crippen LogP) is 3.05. The van der Waals surface area contributed by atoms with Gasteiger partial charge in [-0.25, -0.2) is 4.98 Å². The fourth-order valence-corrected chi connectivity index (χ4v) is 2.86. The van der Waals surface area contributed by atoms with Crippen LogP contribution in [0.3, 0.4) is 0 Å². The second-order valence-electron chi connectivity index (χ2n) is 3.54. The summed E-state index contributed by atoms with van der Waals surface area (Å²) in [5, 5.41) is 2.80. The molecule has 0 aliphatic rings. The summed E-state index contributed by atoms with van der Waals surface area (Å²) in [6.45, 7) is 3.97. The van der Waals surface area contributed by atoms with Crippen molar-refractivity contribution in [3.63, 3.8) is 0 Å². The second kappa shape index (κ2) is 5.01. The molecule has 90 valence electrons. The molecule has 0 bridgehead atoms. The Bertz CT molecular complexity index is 547. The Balaban J connectivity index is 2.00. The van der Waals surface area contributed by atoms with Crippen molar-refractivity contribution in [2.45, 2.75) is 20.4 Å². The van der Waals surface area contributed by atoms with Gasteiger partial charge in [0.25, 0.3) is 5.91 Å². The van der Waals surface area contributed by atoms with Crippen LogP contribution >= 0.6 is 27.3 Å². The summed E-state index contributed by atoms with van der Waals surface area (Å²) in [5.41, 5.74) is 0.618. The van der Waals surface area contributed by atoms with Crippen molar-refractivity contribution < 1.29 is 9.21 Å². The van der Waals surface area contributed by atoms with Gasteiger partial charge in [0.05, 0.1) is 16.0 Å². The Hall–Kier alpha value is -1.14. The summed E-state index contributed by atoms with van der Waals surface area (Å²) >= 11 is 4.97. The molecular weight excluding hydrogens is 304 g/mol. The number of hydrogen-bond donors (Lipinski definition) is 1. The lowest BCUT2D eigenvalue weighted by Gasteiger charge is -2.00. The van der Waals surface area contributed by atoms with Gasteiger partial charge in [-0.15, -0.1) is 11.3 Å². The topological polar surface area (TPSA) is 55.1 Å². The van der Waals surface area contributed by atoms with Gasteiger partial charge in [-0.1, -0.05) is 0 Å². The monoisotopic (exact) mass is 314 g/mol. The number of amides is 1. The summed E-state index contributed by atoms with van der Waals surface area (Å²) < 4.78 is 6.29. The minimum Gasteiger partial charge on any atom is -0.436 e. The molecule has 2 rings (SSSR count). The van der Waals surface area contributed by atoms with Crippen molar-refractivity contribution in [2.75, 3.05) is 0 Å². The van der Waals surface area contributed by atoms with Crippen LogP contribution in [0.25, 0.3) is 0 Å². The zero-order valence-corrected chi connectivity index (χ0v) is 11.8. The lowest BCUT2D eigenvalue weighted by Crippen LogP contribution is -2.22. The van der Waals surface area contributed by atoms with Crippen LogP contribution in [0.15, 0.2) is 20.3 Å². The molecule has 0 spiro atoms. The first-order valence-electron chi connectivity index (χ1n) is 5.02. The standard InChI is InChI=1S/C11H11BrN2O2S/c1-6-10(16-7(2)14-6)11(15)13-5-8-3-4-9(12)17-8/h3-4H,5H2,1-2H3,(H,13,15). The number of carbonyl (C=O) groups excluding carboxylic acids is 1. The van der Waals surface area contributed by atoms with E-state index in [0.717, 1.165) is 8.66 Å². The largest absolute Gasteiger partial charge is 0.436 e. The van der Waals surface area contributed by atoms with E-state index in [1.807, 2.05) is 12.1 Å². The van der Waals surface area contributed by atoms with Gasteiger partial charge in [0.2, 0.25) is 5.76 Å². The zero-order valence-electron chi connectivity index (χ0n) is 9.41. The van der Waals surface area contributed by atoms with Gasteiger partial charge in [-0.3, -0.25) is 4.79 Å². The van der Waals surface area contributed by atoms with E-state index in [1.165, 1.54) is 0 Å². The number of aromatic nitrogens is 1. The Morgan fingerprint density at radius 3 is 2.82 bits per heavy atom. The number of hydrogen-bond acceptors (Lipinski definition) is 4. The SMILES string of the molecule is Cc1nc(C)c(C(=O)NCc2ccc(Br)s2)o1. The molecular formula is C11H11BrN2O2S. The number of nitrogens with one attached hydrogen (secondary N) is 1. The third-order valence-corrected chi connectivity index (χ3v) is 3.79. The quantitative estimate of drug-likeness (QED) is 0.947. The number of aryl methyl sites for hydroxylation is 2. The Morgan fingerprint density at radius 1 is 1.53 bits per heavy atom. The number of rotatable bonds is 3. The number of nitrogens with zero attached hydrogens (tertiary/aromatic N) is 1. The Kier molecular flexibility index (Phi) is 3.63. The highest BCUT2D eigenvalue weighted by Gasteiger charge is 2.15. The van der Waals surface area contributed by atoms with E-state index in [-0.39, 0.29) is 11.7 Å². The molecule has 0 unspecified atom stereocenters. The van der Waals surface area contributed by atoms with E-state index in [2.05, 4.69) is 26.2 Å². The highest BCUT2D eigenvalue weighted by molar-refractivity contribution is 9.11. The first-order valence-corrected chi connectivity index (χ1v) is 6.63. The van der Waals surface area contributed by atoms with E-state index < -0.39 is 0 Å². The molecule has 0 radical (unpaired) electrons. The van der Waals surface area contributed by atoms with Crippen LogP contribution in [-0.2, 0) is 6.54 Å². The van der Waals surface area contributed by atoms with Gasteiger partial charge in [0.15, 0.2) is 5.89 Å². The maximum absolute atomic E-state index is 11.8. The van der Waals surface area contributed by atoms with Crippen LogP contribution in [0.5, 0.6) is 0 Å². The summed E-state index contributed by atoms with van der Waals surface area (Å²) in [6.07, 6.45) is 0. The predicted molar refractivity (Wildman–Crippen MR) is 69.2 cm³/mol. The molecule has 2 heterocycles. The average molecular weight is 315 g/mol. The fourth-order valence-electron chi connectivity index (χ4n) is 1.44. The molecule has 17 heavy (non-hydrogen) atoms. The van der Waals surface area contributed by atoms with Crippen LogP contribution < -0.4 is 5.32 Å². The van der Waals surface area contributed by atoms with Crippen LogP contribution in [-0.4, -0.2) is 10.9 Å². The van der Waals surface area contributed by atoms with Crippen molar-refractivity contribution in [1.29, 1.82) is 0 Å². The average Bonchev–Trinajstić information content (AvgIpc) is 2.81. The smallest absolute Gasteiger partial charge is 0.289 e. The van der Waals surface area contributed by atoms with Crippen LogP contribution in [0.4, 0.5) is 0 Å². The summed E-state index contributed by atoms with van der Waals surface area (Å²) in [7, 11) is 0. The Labute approximate surface area is 111 Å². The third-order valence-electron chi connectivity index (χ3n) is 2.16. The first kappa shape index (κ1) is 12.3. The van der Waals surface area contributed by atoms with Crippen molar-refractivity contribution in [3.8, 4) is 0 Å². The summed E-state index contributed by atoms with van der Waals surface area (Å²) in [5.74, 6) is 0.567. The molecule has 4 nitrogen and oxygen atoms in total. The van der Waals surface area contributed by atoms with Crippen LogP contribution in [0.1, 0.15) is 27.0 Å². The number of oxazole rings is 1. The van der Waals surface area contributed by atoms with Crippen molar-refractivity contribution in [1.82, 2.24) is 10.3 Å². The molecule has 0 aromatic carbocycles. The second-order valence-corrected chi connectivity index (χ2v) is 6.08. The van der Waals surface area contributed by atoms with Crippen molar-refractivity contribution in [3.05, 3.63) is 38.1 Å².